The molecule has 0 heterocycles. The lowest BCUT2D eigenvalue weighted by atomic mass is 9.97. The Kier molecular flexibility index (Phi) is 5.20. The number of benzene rings is 1. The Morgan fingerprint density at radius 1 is 1.12 bits per heavy atom. The number of hydrogen-bond donors (Lipinski definition) is 0. The van der Waals surface area contributed by atoms with E-state index < -0.39 is 0 Å². The van der Waals surface area contributed by atoms with Gasteiger partial charge in [-0.05, 0) is 28.9 Å². The molecule has 0 radical (unpaired) electrons. The maximum Gasteiger partial charge on any atom is 0.0717 e. The summed E-state index contributed by atoms with van der Waals surface area (Å²) in [6.45, 7) is 12.6. The molecule has 0 fully saturated rings. The predicted molar refractivity (Wildman–Crippen MR) is 74.3 cm³/mol. The zero-order valence-electron chi connectivity index (χ0n) is 11.9. The minimum absolute atomic E-state index is 0.247. The maximum atomic E-state index is 5.71. The van der Waals surface area contributed by atoms with Gasteiger partial charge in [0.2, 0.25) is 0 Å². The van der Waals surface area contributed by atoms with Crippen LogP contribution in [-0.2, 0) is 11.3 Å². The molecule has 0 amide bonds. The van der Waals surface area contributed by atoms with Gasteiger partial charge < -0.3 is 4.74 Å². The van der Waals surface area contributed by atoms with Crippen LogP contribution < -0.4 is 0 Å². The van der Waals surface area contributed by atoms with Gasteiger partial charge in [0.05, 0.1) is 13.2 Å². The van der Waals surface area contributed by atoms with Crippen molar-refractivity contribution in [2.75, 3.05) is 6.61 Å². The third-order valence-electron chi connectivity index (χ3n) is 2.96. The molecule has 0 aliphatic rings. The number of ether oxygens (including phenoxy) is 1. The zero-order valence-corrected chi connectivity index (χ0v) is 11.9. The van der Waals surface area contributed by atoms with Crippen LogP contribution in [0.1, 0.15) is 58.1 Å². The van der Waals surface area contributed by atoms with Gasteiger partial charge in [0.1, 0.15) is 0 Å². The average molecular weight is 234 g/mol. The normalized spacial score (nSPS) is 13.7. The van der Waals surface area contributed by atoms with E-state index in [9.17, 15) is 0 Å². The van der Waals surface area contributed by atoms with Gasteiger partial charge in [-0.1, -0.05) is 58.9 Å². The van der Waals surface area contributed by atoms with E-state index in [0.29, 0.717) is 5.92 Å². The molecule has 1 heteroatoms. The summed E-state index contributed by atoms with van der Waals surface area (Å²) in [5.74, 6) is 0.652. The Balaban J connectivity index is 2.46. The first-order valence-corrected chi connectivity index (χ1v) is 6.59. The molecule has 1 unspecified atom stereocenters. The van der Waals surface area contributed by atoms with E-state index in [1.165, 1.54) is 17.5 Å². The van der Waals surface area contributed by atoms with Crippen LogP contribution in [-0.4, -0.2) is 6.61 Å². The Morgan fingerprint density at radius 3 is 2.18 bits per heavy atom. The second-order valence-corrected chi connectivity index (χ2v) is 6.10. The van der Waals surface area contributed by atoms with Gasteiger partial charge in [0, 0.05) is 0 Å². The highest BCUT2D eigenvalue weighted by Gasteiger charge is 2.10. The molecule has 1 rings (SSSR count). The summed E-state index contributed by atoms with van der Waals surface area (Å²) in [5, 5.41) is 0. The lowest BCUT2D eigenvalue weighted by Gasteiger charge is -2.18. The minimum atomic E-state index is 0.247. The first-order chi connectivity index (χ1) is 7.92. The molecule has 1 atom stereocenters. The van der Waals surface area contributed by atoms with Crippen molar-refractivity contribution < 1.29 is 4.74 Å². The summed E-state index contributed by atoms with van der Waals surface area (Å²) >= 11 is 0. The van der Waals surface area contributed by atoms with Crippen molar-refractivity contribution in [3.05, 3.63) is 35.4 Å². The third-order valence-corrected chi connectivity index (χ3v) is 2.96. The predicted octanol–water partition coefficient (Wildman–Crippen LogP) is 4.76. The first kappa shape index (κ1) is 14.2. The van der Waals surface area contributed by atoms with Gasteiger partial charge >= 0.3 is 0 Å². The number of rotatable bonds is 5. The van der Waals surface area contributed by atoms with E-state index in [1.807, 2.05) is 0 Å². The van der Waals surface area contributed by atoms with Crippen molar-refractivity contribution in [3.8, 4) is 0 Å². The Labute approximate surface area is 106 Å². The summed E-state index contributed by atoms with van der Waals surface area (Å²) in [5.41, 5.74) is 2.94. The van der Waals surface area contributed by atoms with E-state index in [1.54, 1.807) is 0 Å². The van der Waals surface area contributed by atoms with Crippen molar-refractivity contribution >= 4 is 0 Å². The van der Waals surface area contributed by atoms with E-state index in [0.717, 1.165) is 13.2 Å². The second-order valence-electron chi connectivity index (χ2n) is 6.10. The van der Waals surface area contributed by atoms with Crippen molar-refractivity contribution in [1.29, 1.82) is 0 Å². The molecule has 1 aromatic carbocycles. The van der Waals surface area contributed by atoms with Gasteiger partial charge in [0.25, 0.3) is 0 Å². The molecule has 0 aliphatic heterocycles. The molecule has 1 aromatic rings. The Morgan fingerprint density at radius 2 is 1.71 bits per heavy atom. The fourth-order valence-corrected chi connectivity index (χ4v) is 1.65. The first-order valence-electron chi connectivity index (χ1n) is 6.59. The second kappa shape index (κ2) is 6.20. The van der Waals surface area contributed by atoms with Crippen molar-refractivity contribution in [3.63, 3.8) is 0 Å². The van der Waals surface area contributed by atoms with Gasteiger partial charge in [0.15, 0.2) is 0 Å². The van der Waals surface area contributed by atoms with Crippen LogP contribution in [0.15, 0.2) is 24.3 Å². The van der Waals surface area contributed by atoms with Crippen LogP contribution in [0, 0.1) is 5.41 Å². The van der Waals surface area contributed by atoms with Crippen LogP contribution in [0.5, 0.6) is 0 Å². The van der Waals surface area contributed by atoms with Crippen molar-refractivity contribution in [2.24, 2.45) is 5.41 Å². The molecule has 17 heavy (non-hydrogen) atoms. The van der Waals surface area contributed by atoms with E-state index in [-0.39, 0.29) is 5.41 Å². The molecule has 0 aromatic heterocycles. The molecule has 0 bridgehead atoms. The lowest BCUT2D eigenvalue weighted by Crippen LogP contribution is -2.14. The largest absolute Gasteiger partial charge is 0.376 e. The fourth-order valence-electron chi connectivity index (χ4n) is 1.65. The summed E-state index contributed by atoms with van der Waals surface area (Å²) in [6.07, 6.45) is 1.19. The standard InChI is InChI=1S/C16H26O/c1-6-13(2)15-9-7-14(8-10-15)11-17-12-16(3,4)5/h7-10,13H,6,11-12H2,1-5H3. The summed E-state index contributed by atoms with van der Waals surface area (Å²) < 4.78 is 5.71. The Bertz CT molecular complexity index is 318. The smallest absolute Gasteiger partial charge is 0.0717 e. The van der Waals surface area contributed by atoms with E-state index >= 15 is 0 Å². The summed E-state index contributed by atoms with van der Waals surface area (Å²) in [7, 11) is 0. The zero-order chi connectivity index (χ0) is 12.9. The van der Waals surface area contributed by atoms with Crippen molar-refractivity contribution in [2.45, 2.75) is 53.6 Å². The molecule has 0 saturated carbocycles. The fraction of sp³-hybridized carbons (Fsp3) is 0.625. The Hall–Kier alpha value is -0.820. The van der Waals surface area contributed by atoms with Crippen LogP contribution in [0.25, 0.3) is 0 Å². The van der Waals surface area contributed by atoms with Gasteiger partial charge in [-0.15, -0.1) is 0 Å². The van der Waals surface area contributed by atoms with Crippen LogP contribution in [0.3, 0.4) is 0 Å². The van der Waals surface area contributed by atoms with Crippen LogP contribution in [0.4, 0.5) is 0 Å². The monoisotopic (exact) mass is 234 g/mol. The highest BCUT2D eigenvalue weighted by molar-refractivity contribution is 5.24. The number of hydrogen-bond acceptors (Lipinski definition) is 1. The molecule has 1 nitrogen and oxygen atoms in total. The molecule has 0 spiro atoms. The summed E-state index contributed by atoms with van der Waals surface area (Å²) in [4.78, 5) is 0. The van der Waals surface area contributed by atoms with Crippen LogP contribution >= 0.6 is 0 Å². The molecule has 96 valence electrons. The minimum Gasteiger partial charge on any atom is -0.376 e. The van der Waals surface area contributed by atoms with Crippen molar-refractivity contribution in [1.82, 2.24) is 0 Å². The molecule has 0 saturated heterocycles. The highest BCUT2D eigenvalue weighted by Crippen LogP contribution is 2.19. The van der Waals surface area contributed by atoms with E-state index in [4.69, 9.17) is 4.74 Å². The maximum absolute atomic E-state index is 5.71. The molecule has 0 N–H and O–H groups in total. The van der Waals surface area contributed by atoms with Gasteiger partial charge in [-0.2, -0.15) is 0 Å². The van der Waals surface area contributed by atoms with Gasteiger partial charge in [-0.25, -0.2) is 0 Å². The molecular formula is C16H26O. The third kappa shape index (κ3) is 5.36. The SMILES string of the molecule is CCC(C)c1ccc(COCC(C)(C)C)cc1. The van der Waals surface area contributed by atoms with E-state index in [2.05, 4.69) is 58.9 Å². The van der Waals surface area contributed by atoms with Crippen LogP contribution in [0.2, 0.25) is 0 Å². The lowest BCUT2D eigenvalue weighted by molar-refractivity contribution is 0.0599. The molecule has 0 aliphatic carbocycles. The van der Waals surface area contributed by atoms with Gasteiger partial charge in [-0.3, -0.25) is 0 Å². The highest BCUT2D eigenvalue weighted by atomic mass is 16.5. The average Bonchev–Trinajstić information content (AvgIpc) is 2.27. The summed E-state index contributed by atoms with van der Waals surface area (Å²) in [6, 6.07) is 8.82. The quantitative estimate of drug-likeness (QED) is 0.713. The topological polar surface area (TPSA) is 9.23 Å². The molecular weight excluding hydrogens is 208 g/mol.